The second kappa shape index (κ2) is 7.33. The maximum Gasteiger partial charge on any atom is 0.328 e. The van der Waals surface area contributed by atoms with Gasteiger partial charge in [-0.2, -0.15) is 4.39 Å². The number of carbonyl (C=O) groups excluding carboxylic acids is 1. The molecule has 0 saturated heterocycles. The van der Waals surface area contributed by atoms with Gasteiger partial charge < -0.3 is 9.84 Å². The molecule has 24 heavy (non-hydrogen) atoms. The van der Waals surface area contributed by atoms with Gasteiger partial charge in [0, 0.05) is 5.56 Å². The fourth-order valence-corrected chi connectivity index (χ4v) is 2.46. The lowest BCUT2D eigenvalue weighted by Gasteiger charge is -2.29. The molecule has 0 aromatic heterocycles. The van der Waals surface area contributed by atoms with E-state index in [4.69, 9.17) is 4.74 Å². The summed E-state index contributed by atoms with van der Waals surface area (Å²) < 4.78 is 33.0. The molecular formula is C15H17F2NO6. The number of carbonyl (C=O) groups is 2. The Kier molecular flexibility index (Phi) is 5.94. The molecule has 1 rings (SSSR count). The van der Waals surface area contributed by atoms with Crippen LogP contribution in [0, 0.1) is 27.7 Å². The van der Waals surface area contributed by atoms with Gasteiger partial charge in [0.25, 0.3) is 0 Å². The number of benzene rings is 1. The van der Waals surface area contributed by atoms with Gasteiger partial charge in [0.2, 0.25) is 5.82 Å². The molecule has 1 atom stereocenters. The van der Waals surface area contributed by atoms with E-state index in [-0.39, 0.29) is 25.0 Å². The Bertz CT molecular complexity index is 676. The van der Waals surface area contributed by atoms with E-state index in [9.17, 15) is 33.6 Å². The Morgan fingerprint density at radius 1 is 1.33 bits per heavy atom. The molecule has 132 valence electrons. The van der Waals surface area contributed by atoms with Gasteiger partial charge in [-0.05, 0) is 25.3 Å². The number of nitro groups is 1. The molecule has 1 aromatic rings. The van der Waals surface area contributed by atoms with Gasteiger partial charge in [0.1, 0.15) is 5.82 Å². The van der Waals surface area contributed by atoms with Gasteiger partial charge >= 0.3 is 17.6 Å². The van der Waals surface area contributed by atoms with Crippen molar-refractivity contribution in [1.82, 2.24) is 0 Å². The molecule has 1 aromatic carbocycles. The summed E-state index contributed by atoms with van der Waals surface area (Å²) in [5, 5.41) is 20.3. The minimum absolute atomic E-state index is 0.164. The van der Waals surface area contributed by atoms with Gasteiger partial charge in [0.05, 0.1) is 17.6 Å². The highest BCUT2D eigenvalue weighted by Crippen LogP contribution is 2.37. The smallest absolute Gasteiger partial charge is 0.328 e. The predicted molar refractivity (Wildman–Crippen MR) is 78.4 cm³/mol. The van der Waals surface area contributed by atoms with Crippen LogP contribution in [0.2, 0.25) is 0 Å². The Hall–Kier alpha value is -2.58. The Morgan fingerprint density at radius 2 is 1.92 bits per heavy atom. The van der Waals surface area contributed by atoms with Crippen molar-refractivity contribution in [1.29, 1.82) is 0 Å². The zero-order valence-electron chi connectivity index (χ0n) is 13.3. The largest absolute Gasteiger partial charge is 0.480 e. The van der Waals surface area contributed by atoms with Gasteiger partial charge in [-0.1, -0.05) is 13.8 Å². The van der Waals surface area contributed by atoms with E-state index in [0.29, 0.717) is 6.07 Å². The fraction of sp³-hybridized carbons (Fsp3) is 0.467. The first kappa shape index (κ1) is 19.5. The summed E-state index contributed by atoms with van der Waals surface area (Å²) in [6.07, 6.45) is -0.366. The van der Waals surface area contributed by atoms with Crippen LogP contribution in [0.1, 0.15) is 32.8 Å². The van der Waals surface area contributed by atoms with Crippen molar-refractivity contribution in [2.45, 2.75) is 32.6 Å². The molecule has 0 fully saturated rings. The quantitative estimate of drug-likeness (QED) is 0.352. The zero-order valence-corrected chi connectivity index (χ0v) is 13.3. The van der Waals surface area contributed by atoms with Crippen molar-refractivity contribution >= 4 is 17.6 Å². The number of halogens is 2. The molecule has 0 bridgehead atoms. The summed E-state index contributed by atoms with van der Waals surface area (Å²) in [6.45, 7) is 4.46. The van der Waals surface area contributed by atoms with Crippen LogP contribution < -0.4 is 0 Å². The Labute approximate surface area is 136 Å². The molecule has 1 N–H and O–H groups in total. The van der Waals surface area contributed by atoms with Crippen molar-refractivity contribution in [2.75, 3.05) is 6.61 Å². The summed E-state index contributed by atoms with van der Waals surface area (Å²) >= 11 is 0. The van der Waals surface area contributed by atoms with Gasteiger partial charge in [-0.3, -0.25) is 19.7 Å². The topological polar surface area (TPSA) is 107 Å². The number of rotatable bonds is 7. The number of aliphatic carboxylic acids is 1. The maximum absolute atomic E-state index is 14.4. The molecule has 0 saturated carbocycles. The summed E-state index contributed by atoms with van der Waals surface area (Å²) in [7, 11) is 0. The van der Waals surface area contributed by atoms with Crippen LogP contribution in [0.4, 0.5) is 14.5 Å². The second-order valence-corrected chi connectivity index (χ2v) is 5.57. The summed E-state index contributed by atoms with van der Waals surface area (Å²) in [4.78, 5) is 33.7. The average molecular weight is 345 g/mol. The Morgan fingerprint density at radius 3 is 2.33 bits per heavy atom. The normalized spacial score (nSPS) is 13.4. The lowest BCUT2D eigenvalue weighted by atomic mass is 9.74. The molecule has 0 heterocycles. The SMILES string of the molecule is CCOC(=O)C(CC(C)C)(C(=O)O)c1cc(F)c([N+](=O)[O-])cc1F. The van der Waals surface area contributed by atoms with Gasteiger partial charge in [-0.15, -0.1) is 0 Å². The highest BCUT2D eigenvalue weighted by molar-refractivity contribution is 6.05. The first-order valence-electron chi connectivity index (χ1n) is 7.12. The predicted octanol–water partition coefficient (Wildman–Crippen LogP) is 2.80. The van der Waals surface area contributed by atoms with Crippen LogP contribution in [0.15, 0.2) is 12.1 Å². The van der Waals surface area contributed by atoms with Crippen molar-refractivity contribution < 1.29 is 33.1 Å². The minimum atomic E-state index is -2.50. The standard InChI is InChI=1S/C15H17F2NO6/c1-4-24-14(21)15(13(19)20,7-8(2)3)9-5-11(17)12(18(22)23)6-10(9)16/h5-6,8H,4,7H2,1-3H3,(H,19,20). The maximum atomic E-state index is 14.4. The lowest BCUT2D eigenvalue weighted by Crippen LogP contribution is -2.47. The number of hydrogen-bond donors (Lipinski definition) is 1. The van der Waals surface area contributed by atoms with Crippen molar-refractivity contribution in [3.05, 3.63) is 39.4 Å². The van der Waals surface area contributed by atoms with Crippen LogP contribution >= 0.6 is 0 Å². The van der Waals surface area contributed by atoms with Crippen LogP contribution in [0.3, 0.4) is 0 Å². The van der Waals surface area contributed by atoms with E-state index in [1.165, 1.54) is 6.92 Å². The molecule has 0 aliphatic heterocycles. The minimum Gasteiger partial charge on any atom is -0.480 e. The number of nitro benzene ring substituents is 1. The first-order valence-corrected chi connectivity index (χ1v) is 7.12. The molecule has 7 nitrogen and oxygen atoms in total. The molecule has 0 aliphatic rings. The van der Waals surface area contributed by atoms with E-state index in [2.05, 4.69) is 0 Å². The second-order valence-electron chi connectivity index (χ2n) is 5.57. The highest BCUT2D eigenvalue weighted by atomic mass is 19.1. The highest BCUT2D eigenvalue weighted by Gasteiger charge is 2.52. The molecule has 0 spiro atoms. The summed E-state index contributed by atoms with van der Waals surface area (Å²) in [6, 6.07) is 0.642. The summed E-state index contributed by atoms with van der Waals surface area (Å²) in [5.41, 5.74) is -4.45. The third kappa shape index (κ3) is 3.50. The number of carboxylic acids is 1. The van der Waals surface area contributed by atoms with Crippen LogP contribution in [0.5, 0.6) is 0 Å². The lowest BCUT2D eigenvalue weighted by molar-refractivity contribution is -0.387. The van der Waals surface area contributed by atoms with E-state index >= 15 is 0 Å². The van der Waals surface area contributed by atoms with Crippen molar-refractivity contribution in [2.24, 2.45) is 5.92 Å². The Balaban J connectivity index is 3.72. The van der Waals surface area contributed by atoms with Gasteiger partial charge in [-0.25, -0.2) is 4.39 Å². The van der Waals surface area contributed by atoms with Crippen molar-refractivity contribution in [3.8, 4) is 0 Å². The third-order valence-electron chi connectivity index (χ3n) is 3.40. The first-order chi connectivity index (χ1) is 11.1. The molecular weight excluding hydrogens is 328 g/mol. The molecule has 0 radical (unpaired) electrons. The number of carboxylic acid groups (broad SMARTS) is 1. The number of hydrogen-bond acceptors (Lipinski definition) is 5. The summed E-state index contributed by atoms with van der Waals surface area (Å²) in [5.74, 6) is -6.16. The monoisotopic (exact) mass is 345 g/mol. The average Bonchev–Trinajstić information content (AvgIpc) is 2.46. The molecule has 9 heteroatoms. The molecule has 0 amide bonds. The van der Waals surface area contributed by atoms with E-state index in [1.54, 1.807) is 13.8 Å². The van der Waals surface area contributed by atoms with E-state index < -0.39 is 45.2 Å². The van der Waals surface area contributed by atoms with Crippen LogP contribution in [-0.2, 0) is 19.7 Å². The fourth-order valence-electron chi connectivity index (χ4n) is 2.46. The number of ether oxygens (including phenoxy) is 1. The molecule has 1 unspecified atom stereocenters. The van der Waals surface area contributed by atoms with E-state index in [0.717, 1.165) is 0 Å². The van der Waals surface area contributed by atoms with Crippen molar-refractivity contribution in [3.63, 3.8) is 0 Å². The van der Waals surface area contributed by atoms with Crippen LogP contribution in [-0.4, -0.2) is 28.6 Å². The third-order valence-corrected chi connectivity index (χ3v) is 3.40. The van der Waals surface area contributed by atoms with Gasteiger partial charge in [0.15, 0.2) is 5.41 Å². The number of nitrogens with zero attached hydrogens (tertiary/aromatic N) is 1. The zero-order chi connectivity index (χ0) is 18.7. The molecule has 0 aliphatic carbocycles. The van der Waals surface area contributed by atoms with E-state index in [1.807, 2.05) is 0 Å². The van der Waals surface area contributed by atoms with Crippen LogP contribution in [0.25, 0.3) is 0 Å². The number of esters is 1.